The highest BCUT2D eigenvalue weighted by Crippen LogP contribution is 2.19. The van der Waals surface area contributed by atoms with Crippen molar-refractivity contribution in [2.24, 2.45) is 0 Å². The van der Waals surface area contributed by atoms with Crippen LogP contribution in [0.25, 0.3) is 0 Å². The van der Waals surface area contributed by atoms with Crippen LogP contribution in [0.1, 0.15) is 10.4 Å². The largest absolute Gasteiger partial charge is 0.354 e. The van der Waals surface area contributed by atoms with Crippen molar-refractivity contribution in [2.75, 3.05) is 10.6 Å². The van der Waals surface area contributed by atoms with Gasteiger partial charge < -0.3 is 10.6 Å². The minimum atomic E-state index is -1.72. The van der Waals surface area contributed by atoms with E-state index >= 15 is 0 Å². The number of nitrogens with zero attached hydrogens (tertiary/aromatic N) is 1. The molecule has 26 heavy (non-hydrogen) atoms. The van der Waals surface area contributed by atoms with Crippen LogP contribution >= 0.6 is 0 Å². The van der Waals surface area contributed by atoms with Gasteiger partial charge in [0.1, 0.15) is 11.6 Å². The number of nitrogens with one attached hydrogen (secondary N) is 2. The molecule has 1 aromatic heterocycles. The number of amides is 1. The zero-order valence-electron chi connectivity index (χ0n) is 13.1. The van der Waals surface area contributed by atoms with Crippen LogP contribution in [0.5, 0.6) is 0 Å². The molecular formula is C18H11F4N3O. The quantitative estimate of drug-likeness (QED) is 0.526. The van der Waals surface area contributed by atoms with Gasteiger partial charge >= 0.3 is 0 Å². The number of carbonyl (C=O) groups excluding carboxylic acids is 1. The summed E-state index contributed by atoms with van der Waals surface area (Å²) in [7, 11) is 0. The number of anilines is 3. The summed E-state index contributed by atoms with van der Waals surface area (Å²) < 4.78 is 52.6. The molecule has 0 saturated heterocycles. The van der Waals surface area contributed by atoms with Gasteiger partial charge in [0.15, 0.2) is 17.5 Å². The molecule has 0 saturated carbocycles. The summed E-state index contributed by atoms with van der Waals surface area (Å²) >= 11 is 0. The molecule has 0 radical (unpaired) electrons. The molecule has 8 heteroatoms. The van der Waals surface area contributed by atoms with E-state index in [1.165, 1.54) is 36.5 Å². The number of pyridine rings is 1. The number of rotatable bonds is 4. The fourth-order valence-corrected chi connectivity index (χ4v) is 2.13. The van der Waals surface area contributed by atoms with Crippen LogP contribution in [0, 0.1) is 23.3 Å². The van der Waals surface area contributed by atoms with E-state index in [2.05, 4.69) is 15.6 Å². The maximum absolute atomic E-state index is 13.6. The van der Waals surface area contributed by atoms with E-state index in [0.717, 1.165) is 6.07 Å². The SMILES string of the molecule is O=C(Nc1ccc(Nc2ccc(F)cc2)cn1)c1ccc(F)c(F)c1F. The molecule has 2 N–H and O–H groups in total. The Kier molecular flexibility index (Phi) is 4.83. The first-order chi connectivity index (χ1) is 12.4. The molecule has 3 rings (SSSR count). The summed E-state index contributed by atoms with van der Waals surface area (Å²) in [5.41, 5.74) is 0.557. The van der Waals surface area contributed by atoms with Gasteiger partial charge in [-0.15, -0.1) is 0 Å². The Labute approximate surface area is 145 Å². The molecule has 3 aromatic rings. The lowest BCUT2D eigenvalue weighted by atomic mass is 10.2. The minimum Gasteiger partial charge on any atom is -0.354 e. The van der Waals surface area contributed by atoms with Crippen LogP contribution < -0.4 is 10.6 Å². The second kappa shape index (κ2) is 7.22. The zero-order chi connectivity index (χ0) is 18.7. The van der Waals surface area contributed by atoms with Gasteiger partial charge in [-0.25, -0.2) is 22.5 Å². The minimum absolute atomic E-state index is 0.0868. The monoisotopic (exact) mass is 361 g/mol. The Morgan fingerprint density at radius 3 is 2.15 bits per heavy atom. The maximum atomic E-state index is 13.6. The average molecular weight is 361 g/mol. The first kappa shape index (κ1) is 17.4. The molecule has 2 aromatic carbocycles. The molecule has 0 bridgehead atoms. The predicted molar refractivity (Wildman–Crippen MR) is 88.2 cm³/mol. The Balaban J connectivity index is 1.70. The van der Waals surface area contributed by atoms with Gasteiger partial charge in [0.25, 0.3) is 5.91 Å². The van der Waals surface area contributed by atoms with E-state index in [-0.39, 0.29) is 11.6 Å². The summed E-state index contributed by atoms with van der Waals surface area (Å²) in [5, 5.41) is 5.26. The summed E-state index contributed by atoms with van der Waals surface area (Å²) in [6.45, 7) is 0. The van der Waals surface area contributed by atoms with Gasteiger partial charge in [-0.3, -0.25) is 4.79 Å². The van der Waals surface area contributed by atoms with Gasteiger partial charge in [0, 0.05) is 5.69 Å². The van der Waals surface area contributed by atoms with Gasteiger partial charge in [0.2, 0.25) is 0 Å². The van der Waals surface area contributed by atoms with Crippen molar-refractivity contribution >= 4 is 23.1 Å². The molecule has 0 aliphatic heterocycles. The lowest BCUT2D eigenvalue weighted by molar-refractivity contribution is 0.102. The molecule has 0 aliphatic rings. The summed E-state index contributed by atoms with van der Waals surface area (Å²) in [6, 6.07) is 10.2. The van der Waals surface area contributed by atoms with Crippen molar-refractivity contribution in [3.63, 3.8) is 0 Å². The van der Waals surface area contributed by atoms with Crippen molar-refractivity contribution in [1.29, 1.82) is 0 Å². The van der Waals surface area contributed by atoms with Crippen molar-refractivity contribution in [3.8, 4) is 0 Å². The predicted octanol–water partition coefficient (Wildman–Crippen LogP) is 4.63. The van der Waals surface area contributed by atoms with Crippen LogP contribution in [0.3, 0.4) is 0 Å². The van der Waals surface area contributed by atoms with Gasteiger partial charge in [-0.2, -0.15) is 0 Å². The van der Waals surface area contributed by atoms with E-state index < -0.39 is 28.9 Å². The summed E-state index contributed by atoms with van der Waals surface area (Å²) in [5.74, 6) is -5.91. The van der Waals surface area contributed by atoms with Crippen molar-refractivity contribution in [2.45, 2.75) is 0 Å². The highest BCUT2D eigenvalue weighted by molar-refractivity contribution is 6.04. The number of hydrogen-bond donors (Lipinski definition) is 2. The fraction of sp³-hybridized carbons (Fsp3) is 0. The molecule has 0 unspecified atom stereocenters. The average Bonchev–Trinajstić information content (AvgIpc) is 2.63. The summed E-state index contributed by atoms with van der Waals surface area (Å²) in [4.78, 5) is 15.9. The van der Waals surface area contributed by atoms with Crippen LogP contribution in [-0.2, 0) is 0 Å². The maximum Gasteiger partial charge on any atom is 0.259 e. The topological polar surface area (TPSA) is 54.0 Å². The Hall–Kier alpha value is -3.42. The number of halogens is 4. The van der Waals surface area contributed by atoms with Gasteiger partial charge in [-0.1, -0.05) is 0 Å². The first-order valence-electron chi connectivity index (χ1n) is 7.37. The highest BCUT2D eigenvalue weighted by Gasteiger charge is 2.19. The Morgan fingerprint density at radius 2 is 1.50 bits per heavy atom. The lowest BCUT2D eigenvalue weighted by Gasteiger charge is -2.09. The fourth-order valence-electron chi connectivity index (χ4n) is 2.13. The Bertz CT molecular complexity index is 944. The second-order valence-corrected chi connectivity index (χ2v) is 5.24. The molecule has 4 nitrogen and oxygen atoms in total. The first-order valence-corrected chi connectivity index (χ1v) is 7.37. The van der Waals surface area contributed by atoms with Crippen molar-refractivity contribution < 1.29 is 22.4 Å². The van der Waals surface area contributed by atoms with Crippen LogP contribution in [0.4, 0.5) is 34.8 Å². The zero-order valence-corrected chi connectivity index (χ0v) is 13.1. The van der Waals surface area contributed by atoms with E-state index in [1.807, 2.05) is 0 Å². The molecule has 0 spiro atoms. The van der Waals surface area contributed by atoms with Crippen LogP contribution in [0.15, 0.2) is 54.7 Å². The van der Waals surface area contributed by atoms with Gasteiger partial charge in [0.05, 0.1) is 17.4 Å². The number of benzene rings is 2. The third kappa shape index (κ3) is 3.80. The van der Waals surface area contributed by atoms with Gasteiger partial charge in [-0.05, 0) is 48.5 Å². The van der Waals surface area contributed by atoms with E-state index in [9.17, 15) is 22.4 Å². The van der Waals surface area contributed by atoms with Crippen molar-refractivity contribution in [1.82, 2.24) is 4.98 Å². The van der Waals surface area contributed by atoms with E-state index in [0.29, 0.717) is 17.4 Å². The highest BCUT2D eigenvalue weighted by atomic mass is 19.2. The molecule has 1 heterocycles. The standard InChI is InChI=1S/C18H11F4N3O/c19-10-1-3-11(4-2-10)24-12-5-8-15(23-9-12)25-18(26)13-6-7-14(20)17(22)16(13)21/h1-9,24H,(H,23,25,26). The third-order valence-corrected chi connectivity index (χ3v) is 3.42. The van der Waals surface area contributed by atoms with Crippen molar-refractivity contribution in [3.05, 3.63) is 83.6 Å². The molecule has 0 fully saturated rings. The van der Waals surface area contributed by atoms with Crippen LogP contribution in [-0.4, -0.2) is 10.9 Å². The number of aromatic nitrogens is 1. The Morgan fingerprint density at radius 1 is 0.808 bits per heavy atom. The van der Waals surface area contributed by atoms with E-state index in [4.69, 9.17) is 0 Å². The number of carbonyl (C=O) groups is 1. The third-order valence-electron chi connectivity index (χ3n) is 3.42. The lowest BCUT2D eigenvalue weighted by Crippen LogP contribution is -2.16. The second-order valence-electron chi connectivity index (χ2n) is 5.24. The number of hydrogen-bond acceptors (Lipinski definition) is 3. The smallest absolute Gasteiger partial charge is 0.259 e. The molecule has 0 aliphatic carbocycles. The molecule has 1 amide bonds. The molecular weight excluding hydrogens is 350 g/mol. The van der Waals surface area contributed by atoms with Crippen LogP contribution in [0.2, 0.25) is 0 Å². The van der Waals surface area contributed by atoms with E-state index in [1.54, 1.807) is 6.07 Å². The summed E-state index contributed by atoms with van der Waals surface area (Å²) in [6.07, 6.45) is 1.39. The molecule has 132 valence electrons. The molecule has 0 atom stereocenters. The normalized spacial score (nSPS) is 10.5.